The lowest BCUT2D eigenvalue weighted by Gasteiger charge is -2.38. The van der Waals surface area contributed by atoms with Gasteiger partial charge in [-0.3, -0.25) is 9.78 Å². The van der Waals surface area contributed by atoms with Gasteiger partial charge in [0.2, 0.25) is 0 Å². The normalized spacial score (nSPS) is 19.2. The molecule has 1 unspecified atom stereocenters. The van der Waals surface area contributed by atoms with Crippen molar-refractivity contribution in [2.24, 2.45) is 0 Å². The molecule has 10 heteroatoms. The minimum Gasteiger partial charge on any atom is -0.475 e. The van der Waals surface area contributed by atoms with Gasteiger partial charge in [-0.1, -0.05) is 25.1 Å². The van der Waals surface area contributed by atoms with E-state index < -0.39 is 12.1 Å². The van der Waals surface area contributed by atoms with E-state index in [1.54, 1.807) is 0 Å². The van der Waals surface area contributed by atoms with Gasteiger partial charge >= 0.3 is 12.1 Å². The Balaban J connectivity index is 0.000000360. The number of pyridine rings is 1. The number of carboxylic acids is 1. The lowest BCUT2D eigenvalue weighted by atomic mass is 9.93. The summed E-state index contributed by atoms with van der Waals surface area (Å²) in [4.78, 5) is 26.5. The summed E-state index contributed by atoms with van der Waals surface area (Å²) in [6.07, 6.45) is -2.06. The van der Waals surface area contributed by atoms with Crippen LogP contribution in [0.2, 0.25) is 0 Å². The number of fused-ring (bicyclic) bond motifs is 1. The Kier molecular flexibility index (Phi) is 7.04. The van der Waals surface area contributed by atoms with E-state index in [2.05, 4.69) is 17.6 Å². The van der Waals surface area contributed by atoms with E-state index in [1.165, 1.54) is 0 Å². The van der Waals surface area contributed by atoms with Crippen molar-refractivity contribution >= 4 is 22.8 Å². The molecule has 2 aromatic rings. The SMILES string of the molecule is CCc1nc2ccccc2c(C(=O)NCC2CCC3(CNC3)O2)c1C.O=C(O)C(F)(F)F. The second-order valence-corrected chi connectivity index (χ2v) is 8.01. The fourth-order valence-corrected chi connectivity index (χ4v) is 3.99. The molecule has 1 spiro atoms. The van der Waals surface area contributed by atoms with Crippen LogP contribution in [0.25, 0.3) is 10.9 Å². The minimum atomic E-state index is -5.08. The molecule has 2 fully saturated rings. The van der Waals surface area contributed by atoms with E-state index in [-0.39, 0.29) is 17.6 Å². The molecule has 7 nitrogen and oxygen atoms in total. The van der Waals surface area contributed by atoms with Crippen molar-refractivity contribution in [2.45, 2.75) is 51.0 Å². The van der Waals surface area contributed by atoms with Crippen LogP contribution in [-0.4, -0.2) is 59.5 Å². The van der Waals surface area contributed by atoms with Gasteiger partial charge < -0.3 is 20.5 Å². The Bertz CT molecular complexity index is 1010. The summed E-state index contributed by atoms with van der Waals surface area (Å²) in [5.74, 6) is -2.78. The molecule has 1 atom stereocenters. The number of nitrogens with zero attached hydrogens (tertiary/aromatic N) is 1. The first-order valence-electron chi connectivity index (χ1n) is 10.4. The Morgan fingerprint density at radius 1 is 1.31 bits per heavy atom. The van der Waals surface area contributed by atoms with Crippen LogP contribution >= 0.6 is 0 Å². The largest absolute Gasteiger partial charge is 0.490 e. The molecule has 32 heavy (non-hydrogen) atoms. The van der Waals surface area contributed by atoms with Gasteiger partial charge in [-0.2, -0.15) is 13.2 Å². The zero-order chi connectivity index (χ0) is 23.5. The van der Waals surface area contributed by atoms with Gasteiger partial charge in [0.15, 0.2) is 0 Å². The molecule has 0 aliphatic carbocycles. The number of carboxylic acid groups (broad SMARTS) is 1. The Labute approximate surface area is 183 Å². The van der Waals surface area contributed by atoms with Crippen molar-refractivity contribution < 1.29 is 32.6 Å². The van der Waals surface area contributed by atoms with E-state index in [9.17, 15) is 18.0 Å². The number of rotatable bonds is 4. The highest BCUT2D eigenvalue weighted by Crippen LogP contribution is 2.33. The summed E-state index contributed by atoms with van der Waals surface area (Å²) < 4.78 is 37.9. The van der Waals surface area contributed by atoms with Crippen molar-refractivity contribution in [3.8, 4) is 0 Å². The highest BCUT2D eigenvalue weighted by Gasteiger charge is 2.44. The van der Waals surface area contributed by atoms with Crippen molar-refractivity contribution in [1.29, 1.82) is 0 Å². The quantitative estimate of drug-likeness (QED) is 0.658. The van der Waals surface area contributed by atoms with Crippen LogP contribution in [-0.2, 0) is 16.0 Å². The molecule has 1 aromatic carbocycles. The number of aliphatic carboxylic acids is 1. The van der Waals surface area contributed by atoms with Crippen LogP contribution in [0.15, 0.2) is 24.3 Å². The zero-order valence-electron chi connectivity index (χ0n) is 17.9. The van der Waals surface area contributed by atoms with E-state index in [4.69, 9.17) is 19.6 Å². The number of benzene rings is 1. The molecule has 2 aliphatic rings. The first-order valence-corrected chi connectivity index (χ1v) is 10.4. The summed E-state index contributed by atoms with van der Waals surface area (Å²) in [5.41, 5.74) is 3.63. The Morgan fingerprint density at radius 2 is 1.97 bits per heavy atom. The molecule has 1 aromatic heterocycles. The van der Waals surface area contributed by atoms with E-state index in [0.717, 1.165) is 60.1 Å². The van der Waals surface area contributed by atoms with Crippen molar-refractivity contribution in [2.75, 3.05) is 19.6 Å². The monoisotopic (exact) mass is 453 g/mol. The number of amides is 1. The first-order chi connectivity index (χ1) is 15.1. The molecular formula is C22H26F3N3O4. The standard InChI is InChI=1S/C20H25N3O2.C2HF3O2/c1-3-16-13(2)18(15-6-4-5-7-17(15)23-16)19(24)22-10-14-8-9-20(25-14)11-21-12-20;3-2(4,5)1(6)7/h4-7,14,21H,3,8-12H2,1-2H3,(H,22,24);(H,6,7). The van der Waals surface area contributed by atoms with Crippen LogP contribution in [0.4, 0.5) is 13.2 Å². The maximum atomic E-state index is 12.9. The Hall–Kier alpha value is -2.72. The minimum absolute atomic E-state index is 0.0258. The van der Waals surface area contributed by atoms with Gasteiger partial charge in [0.1, 0.15) is 0 Å². The molecule has 1 amide bonds. The number of nitrogens with one attached hydrogen (secondary N) is 2. The first kappa shape index (κ1) is 23.9. The maximum Gasteiger partial charge on any atom is 0.490 e. The van der Waals surface area contributed by atoms with E-state index in [0.29, 0.717) is 6.54 Å². The number of carbonyl (C=O) groups excluding carboxylic acids is 1. The van der Waals surface area contributed by atoms with E-state index >= 15 is 0 Å². The van der Waals surface area contributed by atoms with E-state index in [1.807, 2.05) is 31.2 Å². The number of aryl methyl sites for hydroxylation is 1. The topological polar surface area (TPSA) is 101 Å². The summed E-state index contributed by atoms with van der Waals surface area (Å²) in [6.45, 7) is 6.51. The van der Waals surface area contributed by atoms with Crippen molar-refractivity contribution in [1.82, 2.24) is 15.6 Å². The van der Waals surface area contributed by atoms with Crippen LogP contribution in [0.5, 0.6) is 0 Å². The van der Waals surface area contributed by atoms with Crippen LogP contribution in [0, 0.1) is 6.92 Å². The fraction of sp³-hybridized carbons (Fsp3) is 0.500. The third-order valence-electron chi connectivity index (χ3n) is 5.76. The number of hydrogen-bond acceptors (Lipinski definition) is 5. The predicted octanol–water partition coefficient (Wildman–Crippen LogP) is 2.99. The number of alkyl halides is 3. The van der Waals surface area contributed by atoms with Gasteiger partial charge in [-0.15, -0.1) is 0 Å². The summed E-state index contributed by atoms with van der Waals surface area (Å²) in [5, 5.41) is 14.4. The summed E-state index contributed by atoms with van der Waals surface area (Å²) >= 11 is 0. The second-order valence-electron chi connectivity index (χ2n) is 8.01. The van der Waals surface area contributed by atoms with Gasteiger partial charge in [-0.05, 0) is 37.8 Å². The van der Waals surface area contributed by atoms with Crippen molar-refractivity contribution in [3.63, 3.8) is 0 Å². The van der Waals surface area contributed by atoms with Crippen LogP contribution in [0.1, 0.15) is 41.4 Å². The lowest BCUT2D eigenvalue weighted by molar-refractivity contribution is -0.192. The second kappa shape index (κ2) is 9.41. The van der Waals surface area contributed by atoms with Gasteiger partial charge in [0.25, 0.3) is 5.91 Å². The molecule has 3 N–H and O–H groups in total. The molecule has 0 bridgehead atoms. The predicted molar refractivity (Wildman–Crippen MR) is 112 cm³/mol. The van der Waals surface area contributed by atoms with Gasteiger partial charge in [0, 0.05) is 30.7 Å². The van der Waals surface area contributed by atoms with Crippen molar-refractivity contribution in [3.05, 3.63) is 41.1 Å². The maximum absolute atomic E-state index is 12.9. The third-order valence-corrected chi connectivity index (χ3v) is 5.76. The highest BCUT2D eigenvalue weighted by atomic mass is 19.4. The smallest absolute Gasteiger partial charge is 0.475 e. The third kappa shape index (κ3) is 5.18. The molecule has 3 heterocycles. The number of hydrogen-bond donors (Lipinski definition) is 3. The highest BCUT2D eigenvalue weighted by molar-refractivity contribution is 6.07. The lowest BCUT2D eigenvalue weighted by Crippen LogP contribution is -2.59. The molecular weight excluding hydrogens is 427 g/mol. The average molecular weight is 453 g/mol. The van der Waals surface area contributed by atoms with Crippen LogP contribution < -0.4 is 10.6 Å². The number of ether oxygens (including phenoxy) is 1. The molecule has 0 radical (unpaired) electrons. The number of para-hydroxylation sites is 1. The Morgan fingerprint density at radius 3 is 2.50 bits per heavy atom. The number of aromatic nitrogens is 1. The van der Waals surface area contributed by atoms with Gasteiger partial charge in [0.05, 0.1) is 22.8 Å². The fourth-order valence-electron chi connectivity index (χ4n) is 3.99. The molecule has 0 saturated carbocycles. The van der Waals surface area contributed by atoms with Crippen LogP contribution in [0.3, 0.4) is 0 Å². The molecule has 2 saturated heterocycles. The molecule has 2 aliphatic heterocycles. The summed E-state index contributed by atoms with van der Waals surface area (Å²) in [6, 6.07) is 7.87. The van der Waals surface area contributed by atoms with Gasteiger partial charge in [-0.25, -0.2) is 4.79 Å². The summed E-state index contributed by atoms with van der Waals surface area (Å²) in [7, 11) is 0. The number of carbonyl (C=O) groups is 2. The molecule has 174 valence electrons. The molecule has 4 rings (SSSR count). The average Bonchev–Trinajstić information content (AvgIpc) is 3.17. The zero-order valence-corrected chi connectivity index (χ0v) is 17.9. The number of halogens is 3.